The van der Waals surface area contributed by atoms with E-state index >= 15 is 0 Å². The monoisotopic (exact) mass is 323 g/mol. The summed E-state index contributed by atoms with van der Waals surface area (Å²) < 4.78 is 7.85. The van der Waals surface area contributed by atoms with Crippen LogP contribution in [0.1, 0.15) is 40.8 Å². The van der Waals surface area contributed by atoms with Gasteiger partial charge in [0.2, 0.25) is 0 Å². The molecule has 1 aliphatic heterocycles. The van der Waals surface area contributed by atoms with Crippen LogP contribution in [-0.4, -0.2) is 33.4 Å². The third kappa shape index (κ3) is 2.50. The maximum absolute atomic E-state index is 12.7. The highest BCUT2D eigenvalue weighted by molar-refractivity contribution is 5.93. The number of oxazole rings is 1. The molecule has 3 heterocycles. The van der Waals surface area contributed by atoms with Gasteiger partial charge < -0.3 is 13.9 Å². The number of carbonyl (C=O) groups is 1. The van der Waals surface area contributed by atoms with Crippen molar-refractivity contribution in [2.75, 3.05) is 13.1 Å². The maximum atomic E-state index is 12.7. The van der Waals surface area contributed by atoms with E-state index in [0.717, 1.165) is 54.3 Å². The Morgan fingerprint density at radius 2 is 1.92 bits per heavy atom. The van der Waals surface area contributed by atoms with Crippen molar-refractivity contribution >= 4 is 17.0 Å². The molecule has 0 saturated carbocycles. The Morgan fingerprint density at radius 3 is 2.58 bits per heavy atom. The molecule has 0 atom stereocenters. The molecular formula is C19H21N3O2. The second-order valence-electron chi connectivity index (χ2n) is 6.51. The predicted molar refractivity (Wildman–Crippen MR) is 92.0 cm³/mol. The highest BCUT2D eigenvalue weighted by atomic mass is 16.3. The van der Waals surface area contributed by atoms with E-state index in [4.69, 9.17) is 4.42 Å². The van der Waals surface area contributed by atoms with Crippen LogP contribution in [0.15, 0.2) is 40.8 Å². The van der Waals surface area contributed by atoms with Gasteiger partial charge in [-0.05, 0) is 44.0 Å². The number of piperidine rings is 1. The molecule has 1 fully saturated rings. The number of aromatic nitrogens is 2. The van der Waals surface area contributed by atoms with E-state index < -0.39 is 0 Å². The van der Waals surface area contributed by atoms with Crippen LogP contribution in [0.5, 0.6) is 0 Å². The Kier molecular flexibility index (Phi) is 3.63. The molecule has 1 aromatic carbocycles. The molecule has 0 radical (unpaired) electrons. The SMILES string of the molecule is Cc1ccc(C(=O)N2CCC(c3nc4ccccc4o3)CC2)n1C. The highest BCUT2D eigenvalue weighted by Gasteiger charge is 2.28. The van der Waals surface area contributed by atoms with Crippen LogP contribution in [0, 0.1) is 6.92 Å². The van der Waals surface area contributed by atoms with Gasteiger partial charge in [-0.1, -0.05) is 12.1 Å². The van der Waals surface area contributed by atoms with Crippen LogP contribution in [0.2, 0.25) is 0 Å². The highest BCUT2D eigenvalue weighted by Crippen LogP contribution is 2.30. The summed E-state index contributed by atoms with van der Waals surface area (Å²) in [6.07, 6.45) is 1.78. The molecule has 4 rings (SSSR count). The van der Waals surface area contributed by atoms with E-state index in [-0.39, 0.29) is 11.8 Å². The Hall–Kier alpha value is -2.56. The third-order valence-electron chi connectivity index (χ3n) is 5.03. The first-order chi connectivity index (χ1) is 11.6. The molecule has 5 nitrogen and oxygen atoms in total. The Labute approximate surface area is 140 Å². The van der Waals surface area contributed by atoms with Crippen molar-refractivity contribution in [1.82, 2.24) is 14.5 Å². The van der Waals surface area contributed by atoms with Crippen molar-refractivity contribution in [1.29, 1.82) is 0 Å². The summed E-state index contributed by atoms with van der Waals surface area (Å²) in [5.41, 5.74) is 3.60. The van der Waals surface area contributed by atoms with Crippen molar-refractivity contribution < 1.29 is 9.21 Å². The number of benzene rings is 1. The number of para-hydroxylation sites is 2. The topological polar surface area (TPSA) is 51.3 Å². The van der Waals surface area contributed by atoms with Crippen molar-refractivity contribution in [3.8, 4) is 0 Å². The van der Waals surface area contributed by atoms with Crippen molar-refractivity contribution in [3.05, 3.63) is 53.7 Å². The fourth-order valence-electron chi connectivity index (χ4n) is 3.38. The lowest BCUT2D eigenvalue weighted by Crippen LogP contribution is -2.38. The molecule has 1 aliphatic rings. The van der Waals surface area contributed by atoms with E-state index in [0.29, 0.717) is 0 Å². The molecule has 5 heteroatoms. The Bertz CT molecular complexity index is 852. The van der Waals surface area contributed by atoms with Gasteiger partial charge in [-0.25, -0.2) is 4.98 Å². The average molecular weight is 323 g/mol. The van der Waals surface area contributed by atoms with Crippen molar-refractivity contribution in [2.45, 2.75) is 25.7 Å². The Morgan fingerprint density at radius 1 is 1.17 bits per heavy atom. The molecule has 0 aliphatic carbocycles. The van der Waals surface area contributed by atoms with Crippen LogP contribution in [0.3, 0.4) is 0 Å². The van der Waals surface area contributed by atoms with Crippen LogP contribution in [0.4, 0.5) is 0 Å². The fraction of sp³-hybridized carbons (Fsp3) is 0.368. The number of rotatable bonds is 2. The first-order valence-electron chi connectivity index (χ1n) is 8.40. The van der Waals surface area contributed by atoms with Gasteiger partial charge in [-0.3, -0.25) is 4.79 Å². The standard InChI is InChI=1S/C19H21N3O2/c1-13-7-8-16(21(13)2)19(23)22-11-9-14(10-12-22)18-20-15-5-3-4-6-17(15)24-18/h3-8,14H,9-12H2,1-2H3. The first kappa shape index (κ1) is 15.0. The summed E-state index contributed by atoms with van der Waals surface area (Å²) in [4.78, 5) is 19.2. The Balaban J connectivity index is 1.46. The van der Waals surface area contributed by atoms with Gasteiger partial charge in [0.15, 0.2) is 11.5 Å². The number of aryl methyl sites for hydroxylation is 1. The molecule has 124 valence electrons. The molecule has 0 bridgehead atoms. The number of likely N-dealkylation sites (tertiary alicyclic amines) is 1. The smallest absolute Gasteiger partial charge is 0.270 e. The van der Waals surface area contributed by atoms with E-state index in [9.17, 15) is 4.79 Å². The van der Waals surface area contributed by atoms with E-state index in [1.54, 1.807) is 0 Å². The molecule has 0 spiro atoms. The number of nitrogens with zero attached hydrogens (tertiary/aromatic N) is 3. The van der Waals surface area contributed by atoms with Crippen LogP contribution in [-0.2, 0) is 7.05 Å². The molecule has 0 unspecified atom stereocenters. The van der Waals surface area contributed by atoms with Crippen LogP contribution >= 0.6 is 0 Å². The van der Waals surface area contributed by atoms with Gasteiger partial charge in [0.05, 0.1) is 0 Å². The molecule has 24 heavy (non-hydrogen) atoms. The molecule has 2 aromatic heterocycles. The third-order valence-corrected chi connectivity index (χ3v) is 5.03. The van der Waals surface area contributed by atoms with Gasteiger partial charge in [0, 0.05) is 31.7 Å². The zero-order chi connectivity index (χ0) is 16.7. The first-order valence-corrected chi connectivity index (χ1v) is 8.40. The van der Waals surface area contributed by atoms with Gasteiger partial charge in [-0.2, -0.15) is 0 Å². The molecule has 1 saturated heterocycles. The van der Waals surface area contributed by atoms with Crippen molar-refractivity contribution in [2.24, 2.45) is 7.05 Å². The van der Waals surface area contributed by atoms with E-state index in [1.807, 2.05) is 59.8 Å². The van der Waals surface area contributed by atoms with Crippen molar-refractivity contribution in [3.63, 3.8) is 0 Å². The minimum atomic E-state index is 0.113. The second-order valence-corrected chi connectivity index (χ2v) is 6.51. The van der Waals surface area contributed by atoms with Crippen LogP contribution in [0.25, 0.3) is 11.1 Å². The molecule has 3 aromatic rings. The minimum absolute atomic E-state index is 0.113. The van der Waals surface area contributed by atoms with E-state index in [2.05, 4.69) is 4.98 Å². The number of amides is 1. The zero-order valence-corrected chi connectivity index (χ0v) is 14.0. The lowest BCUT2D eigenvalue weighted by molar-refractivity contribution is 0.0697. The predicted octanol–water partition coefficient (Wildman–Crippen LogP) is 3.49. The molecule has 1 amide bonds. The normalized spacial score (nSPS) is 16.0. The number of fused-ring (bicyclic) bond motifs is 1. The summed E-state index contributed by atoms with van der Waals surface area (Å²) in [6, 6.07) is 11.7. The number of hydrogen-bond donors (Lipinski definition) is 0. The van der Waals surface area contributed by atoms with Crippen LogP contribution < -0.4 is 0 Å². The quantitative estimate of drug-likeness (QED) is 0.725. The fourth-order valence-corrected chi connectivity index (χ4v) is 3.38. The zero-order valence-electron chi connectivity index (χ0n) is 14.0. The molecule has 0 N–H and O–H groups in total. The summed E-state index contributed by atoms with van der Waals surface area (Å²) in [7, 11) is 1.94. The number of hydrogen-bond acceptors (Lipinski definition) is 3. The largest absolute Gasteiger partial charge is 0.440 e. The average Bonchev–Trinajstić information content (AvgIpc) is 3.19. The summed E-state index contributed by atoms with van der Waals surface area (Å²) in [5.74, 6) is 1.20. The van der Waals surface area contributed by atoms with E-state index in [1.165, 1.54) is 0 Å². The minimum Gasteiger partial charge on any atom is -0.440 e. The molecular weight excluding hydrogens is 302 g/mol. The number of carbonyl (C=O) groups excluding carboxylic acids is 1. The lowest BCUT2D eigenvalue weighted by Gasteiger charge is -2.30. The summed E-state index contributed by atoms with van der Waals surface area (Å²) in [5, 5.41) is 0. The lowest BCUT2D eigenvalue weighted by atomic mass is 9.96. The van der Waals surface area contributed by atoms with Gasteiger partial charge in [-0.15, -0.1) is 0 Å². The summed E-state index contributed by atoms with van der Waals surface area (Å²) in [6.45, 7) is 3.50. The van der Waals surface area contributed by atoms with Gasteiger partial charge in [0.1, 0.15) is 11.2 Å². The van der Waals surface area contributed by atoms with Gasteiger partial charge in [0.25, 0.3) is 5.91 Å². The second kappa shape index (κ2) is 5.82. The maximum Gasteiger partial charge on any atom is 0.270 e. The summed E-state index contributed by atoms with van der Waals surface area (Å²) >= 11 is 0. The van der Waals surface area contributed by atoms with Gasteiger partial charge >= 0.3 is 0 Å².